The highest BCUT2D eigenvalue weighted by Gasteiger charge is 2.21. The van der Waals surface area contributed by atoms with Gasteiger partial charge in [0, 0.05) is 22.9 Å². The number of benzene rings is 1. The molecule has 0 aliphatic rings. The van der Waals surface area contributed by atoms with E-state index in [0.717, 1.165) is 23.9 Å². The van der Waals surface area contributed by atoms with Gasteiger partial charge in [0.05, 0.1) is 5.75 Å². The summed E-state index contributed by atoms with van der Waals surface area (Å²) in [6, 6.07) is 3.16. The molecule has 0 aliphatic heterocycles. The number of nitrogens with one attached hydrogen (secondary N) is 1. The van der Waals surface area contributed by atoms with Crippen molar-refractivity contribution in [2.24, 2.45) is 0 Å². The van der Waals surface area contributed by atoms with E-state index in [0.29, 0.717) is 6.42 Å². The van der Waals surface area contributed by atoms with E-state index >= 15 is 0 Å². The zero-order valence-corrected chi connectivity index (χ0v) is 12.6. The third kappa shape index (κ3) is 6.57. The largest absolute Gasteiger partial charge is 0.481 e. The first-order chi connectivity index (χ1) is 9.69. The molecule has 0 bridgehead atoms. The Morgan fingerprint density at radius 3 is 2.57 bits per heavy atom. The normalized spacial score (nSPS) is 11.2. The van der Waals surface area contributed by atoms with Gasteiger partial charge in [-0.2, -0.15) is 0 Å². The summed E-state index contributed by atoms with van der Waals surface area (Å²) < 4.78 is 26.1. The zero-order chi connectivity index (χ0) is 16.0. The van der Waals surface area contributed by atoms with Gasteiger partial charge in [-0.3, -0.25) is 9.59 Å². The second-order valence-electron chi connectivity index (χ2n) is 5.19. The molecule has 1 aromatic rings. The maximum atomic E-state index is 13.4. The molecule has 116 valence electrons. The molecule has 0 fully saturated rings. The van der Waals surface area contributed by atoms with Gasteiger partial charge in [-0.15, -0.1) is 11.8 Å². The molecule has 1 rings (SSSR count). The Morgan fingerprint density at radius 2 is 2.00 bits per heavy atom. The summed E-state index contributed by atoms with van der Waals surface area (Å²) in [5, 5.41) is 11.3. The summed E-state index contributed by atoms with van der Waals surface area (Å²) >= 11 is 0.959. The van der Waals surface area contributed by atoms with E-state index < -0.39 is 23.1 Å². The van der Waals surface area contributed by atoms with Crippen LogP contribution in [-0.2, 0) is 9.59 Å². The monoisotopic (exact) mass is 317 g/mol. The summed E-state index contributed by atoms with van der Waals surface area (Å²) in [6.07, 6.45) is 0.247. The molecule has 1 aromatic carbocycles. The third-order valence-corrected chi connectivity index (χ3v) is 3.74. The first kappa shape index (κ1) is 17.4. The van der Waals surface area contributed by atoms with Gasteiger partial charge in [-0.25, -0.2) is 8.78 Å². The van der Waals surface area contributed by atoms with Gasteiger partial charge < -0.3 is 10.4 Å². The van der Waals surface area contributed by atoms with Crippen LogP contribution in [0.4, 0.5) is 8.78 Å². The third-order valence-electron chi connectivity index (χ3n) is 2.69. The first-order valence-corrected chi connectivity index (χ1v) is 7.29. The van der Waals surface area contributed by atoms with Gasteiger partial charge in [0.25, 0.3) is 0 Å². The molecule has 0 spiro atoms. The van der Waals surface area contributed by atoms with Crippen molar-refractivity contribution in [3.8, 4) is 0 Å². The van der Waals surface area contributed by atoms with Crippen LogP contribution in [0.5, 0.6) is 0 Å². The van der Waals surface area contributed by atoms with Gasteiger partial charge in [0.15, 0.2) is 0 Å². The van der Waals surface area contributed by atoms with E-state index in [2.05, 4.69) is 5.32 Å². The van der Waals surface area contributed by atoms with Crippen LogP contribution in [0.3, 0.4) is 0 Å². The van der Waals surface area contributed by atoms with Crippen molar-refractivity contribution in [3.05, 3.63) is 29.8 Å². The lowest BCUT2D eigenvalue weighted by Gasteiger charge is -2.25. The molecule has 0 atom stereocenters. The minimum atomic E-state index is -0.930. The molecule has 21 heavy (non-hydrogen) atoms. The van der Waals surface area contributed by atoms with Crippen LogP contribution in [-0.4, -0.2) is 28.3 Å². The molecule has 0 aromatic heterocycles. The number of hydrogen-bond acceptors (Lipinski definition) is 3. The van der Waals surface area contributed by atoms with E-state index in [1.54, 1.807) is 13.8 Å². The van der Waals surface area contributed by atoms with Crippen LogP contribution in [0.15, 0.2) is 23.1 Å². The Labute approximate surface area is 125 Å². The van der Waals surface area contributed by atoms with Crippen LogP contribution < -0.4 is 5.32 Å². The molecule has 4 nitrogen and oxygen atoms in total. The second kappa shape index (κ2) is 7.40. The fourth-order valence-corrected chi connectivity index (χ4v) is 2.35. The predicted octanol–water partition coefficient (Wildman–Crippen LogP) is 2.82. The number of aliphatic carboxylic acids is 1. The minimum absolute atomic E-state index is 0.0287. The molecule has 1 amide bonds. The van der Waals surface area contributed by atoms with Crippen molar-refractivity contribution in [2.45, 2.75) is 37.1 Å². The lowest BCUT2D eigenvalue weighted by molar-refractivity contribution is -0.137. The number of rotatable bonds is 7. The molecule has 2 N–H and O–H groups in total. The highest BCUT2D eigenvalue weighted by Crippen LogP contribution is 2.22. The van der Waals surface area contributed by atoms with Gasteiger partial charge in [-0.05, 0) is 32.4 Å². The quantitative estimate of drug-likeness (QED) is 0.759. The van der Waals surface area contributed by atoms with Crippen molar-refractivity contribution in [3.63, 3.8) is 0 Å². The number of hydrogen-bond donors (Lipinski definition) is 2. The Morgan fingerprint density at radius 1 is 1.33 bits per heavy atom. The van der Waals surface area contributed by atoms with Gasteiger partial charge in [-0.1, -0.05) is 0 Å². The van der Waals surface area contributed by atoms with Crippen molar-refractivity contribution in [2.75, 3.05) is 5.75 Å². The maximum Gasteiger partial charge on any atom is 0.303 e. The second-order valence-corrected chi connectivity index (χ2v) is 6.21. The lowest BCUT2D eigenvalue weighted by atomic mass is 9.98. The summed E-state index contributed by atoms with van der Waals surface area (Å²) in [4.78, 5) is 22.5. The Bertz CT molecular complexity index is 535. The van der Waals surface area contributed by atoms with Crippen LogP contribution in [0.2, 0.25) is 0 Å². The fraction of sp³-hybridized carbons (Fsp3) is 0.429. The number of carbonyl (C=O) groups is 2. The highest BCUT2D eigenvalue weighted by atomic mass is 32.2. The number of carboxylic acid groups (broad SMARTS) is 1. The van der Waals surface area contributed by atoms with Crippen molar-refractivity contribution >= 4 is 23.6 Å². The van der Waals surface area contributed by atoms with Crippen LogP contribution in [0.1, 0.15) is 26.7 Å². The Kier molecular flexibility index (Phi) is 6.14. The van der Waals surface area contributed by atoms with Gasteiger partial charge in [0.1, 0.15) is 11.6 Å². The van der Waals surface area contributed by atoms with Crippen LogP contribution in [0, 0.1) is 11.6 Å². The molecule has 0 radical (unpaired) electrons. The number of thioether (sulfide) groups is 1. The molecular weight excluding hydrogens is 300 g/mol. The smallest absolute Gasteiger partial charge is 0.303 e. The molecule has 0 unspecified atom stereocenters. The number of carbonyl (C=O) groups excluding carboxylic acids is 1. The van der Waals surface area contributed by atoms with E-state index in [4.69, 9.17) is 5.11 Å². The van der Waals surface area contributed by atoms with Crippen molar-refractivity contribution in [1.29, 1.82) is 0 Å². The van der Waals surface area contributed by atoms with Gasteiger partial charge in [0.2, 0.25) is 5.91 Å². The Hall–Kier alpha value is -1.63. The number of carboxylic acids is 1. The van der Waals surface area contributed by atoms with Crippen LogP contribution >= 0.6 is 11.8 Å². The number of halogens is 2. The minimum Gasteiger partial charge on any atom is -0.481 e. The van der Waals surface area contributed by atoms with E-state index in [9.17, 15) is 18.4 Å². The maximum absolute atomic E-state index is 13.4. The van der Waals surface area contributed by atoms with Crippen molar-refractivity contribution in [1.82, 2.24) is 5.32 Å². The SMILES string of the molecule is CC(C)(CCC(=O)O)NC(=O)CSc1ccc(F)cc1F. The molecule has 0 aliphatic carbocycles. The molecule has 7 heteroatoms. The van der Waals surface area contributed by atoms with E-state index in [-0.39, 0.29) is 23.0 Å². The lowest BCUT2D eigenvalue weighted by Crippen LogP contribution is -2.44. The number of amides is 1. The fourth-order valence-electron chi connectivity index (χ4n) is 1.63. The first-order valence-electron chi connectivity index (χ1n) is 6.30. The molecule has 0 saturated carbocycles. The summed E-state index contributed by atoms with van der Waals surface area (Å²) in [5.41, 5.74) is -0.655. The van der Waals surface area contributed by atoms with Gasteiger partial charge >= 0.3 is 5.97 Å². The summed E-state index contributed by atoms with van der Waals surface area (Å²) in [6.45, 7) is 3.44. The van der Waals surface area contributed by atoms with E-state index in [1.807, 2.05) is 0 Å². The summed E-state index contributed by atoms with van der Waals surface area (Å²) in [5.74, 6) is -2.67. The topological polar surface area (TPSA) is 66.4 Å². The molecule has 0 heterocycles. The zero-order valence-electron chi connectivity index (χ0n) is 11.8. The average molecular weight is 317 g/mol. The molecular formula is C14H17F2NO3S. The van der Waals surface area contributed by atoms with E-state index in [1.165, 1.54) is 6.07 Å². The summed E-state index contributed by atoms with van der Waals surface area (Å²) in [7, 11) is 0. The highest BCUT2D eigenvalue weighted by molar-refractivity contribution is 8.00. The molecule has 0 saturated heterocycles. The van der Waals surface area contributed by atoms with Crippen LogP contribution in [0.25, 0.3) is 0 Å². The van der Waals surface area contributed by atoms with Crippen molar-refractivity contribution < 1.29 is 23.5 Å². The Balaban J connectivity index is 2.48. The predicted molar refractivity (Wildman–Crippen MR) is 76.2 cm³/mol. The standard InChI is InChI=1S/C14H17F2NO3S/c1-14(2,6-5-13(19)20)17-12(18)8-21-11-4-3-9(15)7-10(11)16/h3-4,7H,5-6,8H2,1-2H3,(H,17,18)(H,19,20). The average Bonchev–Trinajstić information content (AvgIpc) is 2.35.